The van der Waals surface area contributed by atoms with Crippen molar-refractivity contribution in [2.75, 3.05) is 6.61 Å². The summed E-state index contributed by atoms with van der Waals surface area (Å²) in [5, 5.41) is 8.78. The standard InChI is InChI=1S/C10H8ClFO3/c11-7-2-1-5-3-6(10(13)14)4-15-9(5)8(7)12/h1-2,6H,3-4H2,(H,13,14)/t6-/m0/s1. The monoisotopic (exact) mass is 230 g/mol. The molecule has 0 bridgehead atoms. The van der Waals surface area contributed by atoms with E-state index in [1.165, 1.54) is 6.07 Å². The molecule has 15 heavy (non-hydrogen) atoms. The summed E-state index contributed by atoms with van der Waals surface area (Å²) in [6.45, 7) is -0.0143. The van der Waals surface area contributed by atoms with E-state index in [0.717, 1.165) is 0 Å². The molecule has 0 spiro atoms. The normalized spacial score (nSPS) is 19.2. The molecule has 5 heteroatoms. The number of rotatable bonds is 1. The van der Waals surface area contributed by atoms with Crippen LogP contribution >= 0.6 is 11.6 Å². The number of carboxylic acid groups (broad SMARTS) is 1. The minimum Gasteiger partial charge on any atom is -0.489 e. The molecule has 1 heterocycles. The third-order valence-electron chi connectivity index (χ3n) is 2.38. The Kier molecular flexibility index (Phi) is 2.52. The lowest BCUT2D eigenvalue weighted by Gasteiger charge is -2.22. The Morgan fingerprint density at radius 2 is 2.33 bits per heavy atom. The second-order valence-electron chi connectivity index (χ2n) is 3.40. The number of halogens is 2. The topological polar surface area (TPSA) is 46.5 Å². The van der Waals surface area contributed by atoms with E-state index in [0.29, 0.717) is 5.56 Å². The molecule has 0 fully saturated rings. The summed E-state index contributed by atoms with van der Waals surface area (Å²) >= 11 is 5.57. The third kappa shape index (κ3) is 1.77. The molecule has 1 aromatic rings. The first-order chi connectivity index (χ1) is 7.09. The molecule has 0 saturated heterocycles. The van der Waals surface area contributed by atoms with Crippen molar-refractivity contribution in [1.29, 1.82) is 0 Å². The summed E-state index contributed by atoms with van der Waals surface area (Å²) in [7, 11) is 0. The van der Waals surface area contributed by atoms with Gasteiger partial charge in [-0.2, -0.15) is 0 Å². The molecule has 0 saturated carbocycles. The molecule has 1 atom stereocenters. The van der Waals surface area contributed by atoms with Crippen molar-refractivity contribution in [3.63, 3.8) is 0 Å². The molecule has 0 aromatic heterocycles. The fourth-order valence-electron chi connectivity index (χ4n) is 1.56. The largest absolute Gasteiger partial charge is 0.489 e. The number of carbonyl (C=O) groups is 1. The summed E-state index contributed by atoms with van der Waals surface area (Å²) in [5.74, 6) is -2.08. The smallest absolute Gasteiger partial charge is 0.310 e. The van der Waals surface area contributed by atoms with Crippen LogP contribution in [-0.2, 0) is 11.2 Å². The first-order valence-corrected chi connectivity index (χ1v) is 4.80. The van der Waals surface area contributed by atoms with E-state index in [9.17, 15) is 9.18 Å². The zero-order valence-electron chi connectivity index (χ0n) is 7.67. The van der Waals surface area contributed by atoms with Crippen LogP contribution in [0.4, 0.5) is 4.39 Å². The molecule has 1 aromatic carbocycles. The lowest BCUT2D eigenvalue weighted by Crippen LogP contribution is -2.28. The number of aliphatic carboxylic acids is 1. The van der Waals surface area contributed by atoms with Gasteiger partial charge >= 0.3 is 5.97 Å². The predicted molar refractivity (Wildman–Crippen MR) is 51.7 cm³/mol. The van der Waals surface area contributed by atoms with Crippen LogP contribution in [0.1, 0.15) is 5.56 Å². The van der Waals surface area contributed by atoms with E-state index in [-0.39, 0.29) is 23.8 Å². The van der Waals surface area contributed by atoms with Crippen molar-refractivity contribution >= 4 is 17.6 Å². The minimum atomic E-state index is -0.934. The van der Waals surface area contributed by atoms with Crippen LogP contribution in [0.25, 0.3) is 0 Å². The highest BCUT2D eigenvalue weighted by atomic mass is 35.5. The Hall–Kier alpha value is -1.29. The average molecular weight is 231 g/mol. The van der Waals surface area contributed by atoms with Gasteiger partial charge in [0.2, 0.25) is 0 Å². The molecule has 1 aliphatic heterocycles. The summed E-state index contributed by atoms with van der Waals surface area (Å²) in [5.41, 5.74) is 0.551. The van der Waals surface area contributed by atoms with E-state index < -0.39 is 17.7 Å². The Labute approximate surface area is 90.4 Å². The van der Waals surface area contributed by atoms with Crippen LogP contribution < -0.4 is 4.74 Å². The Bertz CT molecular complexity index is 419. The highest BCUT2D eigenvalue weighted by Gasteiger charge is 2.28. The Balaban J connectivity index is 2.36. The first-order valence-electron chi connectivity index (χ1n) is 4.42. The maximum atomic E-state index is 13.4. The lowest BCUT2D eigenvalue weighted by molar-refractivity contribution is -0.143. The number of hydrogen-bond donors (Lipinski definition) is 1. The second kappa shape index (κ2) is 3.70. The van der Waals surface area contributed by atoms with Crippen LogP contribution in [0.15, 0.2) is 12.1 Å². The molecule has 0 unspecified atom stereocenters. The van der Waals surface area contributed by atoms with E-state index >= 15 is 0 Å². The van der Waals surface area contributed by atoms with Crippen LogP contribution in [-0.4, -0.2) is 17.7 Å². The number of fused-ring (bicyclic) bond motifs is 1. The quantitative estimate of drug-likeness (QED) is 0.804. The molecule has 1 N–H and O–H groups in total. The molecular weight excluding hydrogens is 223 g/mol. The highest BCUT2D eigenvalue weighted by Crippen LogP contribution is 2.33. The maximum Gasteiger partial charge on any atom is 0.310 e. The van der Waals surface area contributed by atoms with Crippen molar-refractivity contribution in [2.24, 2.45) is 5.92 Å². The SMILES string of the molecule is O=C(O)[C@@H]1COc2c(ccc(Cl)c2F)C1. The van der Waals surface area contributed by atoms with Crippen molar-refractivity contribution in [3.05, 3.63) is 28.5 Å². The zero-order valence-corrected chi connectivity index (χ0v) is 8.42. The fourth-order valence-corrected chi connectivity index (χ4v) is 1.70. The van der Waals surface area contributed by atoms with Gasteiger partial charge in [0.25, 0.3) is 0 Å². The molecular formula is C10H8ClFO3. The molecule has 2 rings (SSSR count). The van der Waals surface area contributed by atoms with Crippen LogP contribution in [0.2, 0.25) is 5.02 Å². The van der Waals surface area contributed by atoms with Gasteiger partial charge in [-0.1, -0.05) is 17.7 Å². The van der Waals surface area contributed by atoms with E-state index in [1.807, 2.05) is 0 Å². The number of hydrogen-bond acceptors (Lipinski definition) is 2. The second-order valence-corrected chi connectivity index (χ2v) is 3.81. The zero-order chi connectivity index (χ0) is 11.0. The van der Waals surface area contributed by atoms with Gasteiger partial charge in [-0.3, -0.25) is 4.79 Å². The van der Waals surface area contributed by atoms with Crippen molar-refractivity contribution in [1.82, 2.24) is 0 Å². The van der Waals surface area contributed by atoms with Gasteiger partial charge in [0.15, 0.2) is 11.6 Å². The number of ether oxygens (including phenoxy) is 1. The highest BCUT2D eigenvalue weighted by molar-refractivity contribution is 6.30. The molecule has 0 radical (unpaired) electrons. The van der Waals surface area contributed by atoms with Crippen LogP contribution in [0, 0.1) is 11.7 Å². The molecule has 0 amide bonds. The summed E-state index contributed by atoms with van der Waals surface area (Å²) < 4.78 is 18.5. The summed E-state index contributed by atoms with van der Waals surface area (Å²) in [6.07, 6.45) is 0.277. The van der Waals surface area contributed by atoms with Gasteiger partial charge in [-0.25, -0.2) is 4.39 Å². The van der Waals surface area contributed by atoms with Gasteiger partial charge in [0, 0.05) is 0 Å². The molecule has 1 aliphatic rings. The first kappa shape index (κ1) is 10.2. The van der Waals surface area contributed by atoms with Gasteiger partial charge in [0.05, 0.1) is 10.9 Å². The van der Waals surface area contributed by atoms with E-state index in [1.54, 1.807) is 6.07 Å². The Morgan fingerprint density at radius 1 is 1.60 bits per heavy atom. The van der Waals surface area contributed by atoms with Crippen LogP contribution in [0.3, 0.4) is 0 Å². The lowest BCUT2D eigenvalue weighted by atomic mass is 9.97. The summed E-state index contributed by atoms with van der Waals surface area (Å²) in [4.78, 5) is 10.7. The van der Waals surface area contributed by atoms with E-state index in [4.69, 9.17) is 21.4 Å². The third-order valence-corrected chi connectivity index (χ3v) is 2.67. The van der Waals surface area contributed by atoms with Crippen molar-refractivity contribution < 1.29 is 19.0 Å². The minimum absolute atomic E-state index is 0.0116. The van der Waals surface area contributed by atoms with Gasteiger partial charge in [-0.15, -0.1) is 0 Å². The van der Waals surface area contributed by atoms with Crippen molar-refractivity contribution in [2.45, 2.75) is 6.42 Å². The fraction of sp³-hybridized carbons (Fsp3) is 0.300. The van der Waals surface area contributed by atoms with E-state index in [2.05, 4.69) is 0 Å². The molecule has 3 nitrogen and oxygen atoms in total. The number of carboxylic acids is 1. The van der Waals surface area contributed by atoms with Crippen LogP contribution in [0.5, 0.6) is 5.75 Å². The van der Waals surface area contributed by atoms with Gasteiger partial charge < -0.3 is 9.84 Å². The maximum absolute atomic E-state index is 13.4. The van der Waals surface area contributed by atoms with Crippen molar-refractivity contribution in [3.8, 4) is 5.75 Å². The van der Waals surface area contributed by atoms with Gasteiger partial charge in [0.1, 0.15) is 6.61 Å². The van der Waals surface area contributed by atoms with Gasteiger partial charge in [-0.05, 0) is 18.1 Å². The predicted octanol–water partition coefficient (Wildman–Crippen LogP) is 2.11. The molecule has 0 aliphatic carbocycles. The summed E-state index contributed by atoms with van der Waals surface area (Å²) in [6, 6.07) is 3.00. The molecule has 80 valence electrons. The average Bonchev–Trinajstić information content (AvgIpc) is 2.23. The Morgan fingerprint density at radius 3 is 3.00 bits per heavy atom. The number of benzene rings is 1.